The molecule has 2 rings (SSSR count). The average molecular weight is 288 g/mol. The van der Waals surface area contributed by atoms with E-state index in [0.29, 0.717) is 12.2 Å². The first-order valence-electron chi connectivity index (χ1n) is 7.53. The largest absolute Gasteiger partial charge is 0.372 e. The highest BCUT2D eigenvalue weighted by atomic mass is 28.3. The summed E-state index contributed by atoms with van der Waals surface area (Å²) >= 11 is 0. The summed E-state index contributed by atoms with van der Waals surface area (Å²) in [5, 5.41) is 0. The van der Waals surface area contributed by atoms with Crippen molar-refractivity contribution >= 4 is 9.04 Å². The molecule has 112 valence electrons. The van der Waals surface area contributed by atoms with Crippen LogP contribution in [0.1, 0.15) is 39.5 Å². The third kappa shape index (κ3) is 4.26. The topological polar surface area (TPSA) is 40.2 Å². The third-order valence-corrected chi connectivity index (χ3v) is 7.24. The van der Waals surface area contributed by atoms with E-state index in [1.54, 1.807) is 14.2 Å². The van der Waals surface area contributed by atoms with Crippen molar-refractivity contribution in [1.82, 2.24) is 0 Å². The smallest absolute Gasteiger partial charge is 0.269 e. The van der Waals surface area contributed by atoms with E-state index in [4.69, 9.17) is 18.6 Å². The number of ether oxygens (including phenoxy) is 3. The molecule has 0 aromatic rings. The van der Waals surface area contributed by atoms with Crippen molar-refractivity contribution in [2.24, 2.45) is 5.92 Å². The number of hydrogen-bond acceptors (Lipinski definition) is 4. The van der Waals surface area contributed by atoms with Crippen molar-refractivity contribution in [3.63, 3.8) is 0 Å². The van der Waals surface area contributed by atoms with Crippen LogP contribution in [0.15, 0.2) is 0 Å². The Labute approximate surface area is 118 Å². The zero-order valence-corrected chi connectivity index (χ0v) is 13.8. The standard InChI is InChI=1S/C14H28O4Si/c1-5-19(18-14(2,15-3)16-4)9-8-11-6-7-12-13(10-11)17-12/h11-13,19H,5-10H2,1-4H3. The number of epoxide rings is 1. The van der Waals surface area contributed by atoms with Gasteiger partial charge in [0.15, 0.2) is 9.04 Å². The van der Waals surface area contributed by atoms with Crippen LogP contribution in [-0.4, -0.2) is 41.4 Å². The Morgan fingerprint density at radius 3 is 2.53 bits per heavy atom. The molecule has 2 fully saturated rings. The first kappa shape index (κ1) is 15.4. The van der Waals surface area contributed by atoms with E-state index in [1.807, 2.05) is 6.92 Å². The van der Waals surface area contributed by atoms with Gasteiger partial charge in [0, 0.05) is 21.1 Å². The number of rotatable bonds is 8. The van der Waals surface area contributed by atoms with E-state index in [0.717, 1.165) is 12.0 Å². The lowest BCUT2D eigenvalue weighted by molar-refractivity contribution is -0.313. The monoisotopic (exact) mass is 288 g/mol. The van der Waals surface area contributed by atoms with Crippen molar-refractivity contribution < 1.29 is 18.6 Å². The van der Waals surface area contributed by atoms with Gasteiger partial charge in [-0.1, -0.05) is 13.3 Å². The van der Waals surface area contributed by atoms with Crippen molar-refractivity contribution in [2.45, 2.75) is 69.8 Å². The van der Waals surface area contributed by atoms with Crippen LogP contribution in [0.25, 0.3) is 0 Å². The fraction of sp³-hybridized carbons (Fsp3) is 1.00. The highest BCUT2D eigenvalue weighted by molar-refractivity contribution is 6.51. The summed E-state index contributed by atoms with van der Waals surface area (Å²) in [5.74, 6) is -0.0188. The lowest BCUT2D eigenvalue weighted by Crippen LogP contribution is -2.39. The van der Waals surface area contributed by atoms with Gasteiger partial charge in [-0.25, -0.2) is 0 Å². The first-order chi connectivity index (χ1) is 9.10. The minimum Gasteiger partial charge on any atom is -0.372 e. The molecule has 0 aromatic heterocycles. The highest BCUT2D eigenvalue weighted by Crippen LogP contribution is 2.41. The predicted octanol–water partition coefficient (Wildman–Crippen LogP) is 2.67. The second kappa shape index (κ2) is 6.67. The molecule has 0 spiro atoms. The van der Waals surface area contributed by atoms with Crippen LogP contribution in [0.3, 0.4) is 0 Å². The minimum absolute atomic E-state index is 0.588. The molecule has 4 atom stereocenters. The second-order valence-electron chi connectivity index (χ2n) is 5.89. The van der Waals surface area contributed by atoms with E-state index in [9.17, 15) is 0 Å². The summed E-state index contributed by atoms with van der Waals surface area (Å²) in [7, 11) is 2.03. The van der Waals surface area contributed by atoms with Crippen LogP contribution in [0.5, 0.6) is 0 Å². The van der Waals surface area contributed by atoms with Crippen LogP contribution >= 0.6 is 0 Å². The zero-order chi connectivity index (χ0) is 13.9. The maximum atomic E-state index is 6.08. The lowest BCUT2D eigenvalue weighted by atomic mass is 9.88. The van der Waals surface area contributed by atoms with E-state index < -0.39 is 15.0 Å². The molecule has 4 unspecified atom stereocenters. The van der Waals surface area contributed by atoms with Gasteiger partial charge in [0.05, 0.1) is 12.2 Å². The van der Waals surface area contributed by atoms with E-state index in [-0.39, 0.29) is 0 Å². The fourth-order valence-corrected chi connectivity index (χ4v) is 5.33. The van der Waals surface area contributed by atoms with Crippen molar-refractivity contribution in [3.8, 4) is 0 Å². The van der Waals surface area contributed by atoms with Gasteiger partial charge in [0.25, 0.3) is 5.97 Å². The SMILES string of the molecule is CC[SiH](CCC1CCC2OC2C1)OC(C)(OC)OC. The molecule has 1 aliphatic heterocycles. The highest BCUT2D eigenvalue weighted by Gasteiger charge is 2.43. The Morgan fingerprint density at radius 1 is 1.21 bits per heavy atom. The molecule has 0 radical (unpaired) electrons. The molecule has 1 heterocycles. The summed E-state index contributed by atoms with van der Waals surface area (Å²) in [5.41, 5.74) is 0. The fourth-order valence-electron chi connectivity index (χ4n) is 3.00. The quantitative estimate of drug-likeness (QED) is 0.391. The average Bonchev–Trinajstić information content (AvgIpc) is 3.21. The van der Waals surface area contributed by atoms with Gasteiger partial charge < -0.3 is 18.6 Å². The van der Waals surface area contributed by atoms with E-state index in [2.05, 4.69) is 6.92 Å². The summed E-state index contributed by atoms with van der Waals surface area (Å²) in [6.07, 6.45) is 6.34. The van der Waals surface area contributed by atoms with Crippen molar-refractivity contribution in [1.29, 1.82) is 0 Å². The van der Waals surface area contributed by atoms with Crippen molar-refractivity contribution in [2.75, 3.05) is 14.2 Å². The van der Waals surface area contributed by atoms with Crippen LogP contribution in [0, 0.1) is 5.92 Å². The molecule has 1 saturated carbocycles. The molecule has 0 aromatic carbocycles. The molecule has 0 N–H and O–H groups in total. The Kier molecular flexibility index (Phi) is 5.43. The maximum Gasteiger partial charge on any atom is 0.269 e. The molecule has 0 amide bonds. The molecule has 19 heavy (non-hydrogen) atoms. The molecule has 1 saturated heterocycles. The molecule has 0 bridgehead atoms. The van der Waals surface area contributed by atoms with Crippen LogP contribution in [0.2, 0.25) is 12.1 Å². The Morgan fingerprint density at radius 2 is 1.95 bits per heavy atom. The van der Waals surface area contributed by atoms with Crippen LogP contribution in [-0.2, 0) is 18.6 Å². The molecule has 5 heteroatoms. The van der Waals surface area contributed by atoms with Gasteiger partial charge in [0.2, 0.25) is 0 Å². The van der Waals surface area contributed by atoms with Crippen molar-refractivity contribution in [3.05, 3.63) is 0 Å². The summed E-state index contributed by atoms with van der Waals surface area (Å²) in [4.78, 5) is 0. The molecular formula is C14H28O4Si. The number of methoxy groups -OCH3 is 2. The number of hydrogen-bond donors (Lipinski definition) is 0. The Balaban J connectivity index is 1.72. The normalized spacial score (nSPS) is 31.9. The predicted molar refractivity (Wildman–Crippen MR) is 76.6 cm³/mol. The minimum atomic E-state index is -1.24. The molecular weight excluding hydrogens is 260 g/mol. The lowest BCUT2D eigenvalue weighted by Gasteiger charge is -2.31. The van der Waals surface area contributed by atoms with Crippen LogP contribution in [0.4, 0.5) is 0 Å². The van der Waals surface area contributed by atoms with Crippen LogP contribution < -0.4 is 0 Å². The third-order valence-electron chi connectivity index (χ3n) is 4.59. The van der Waals surface area contributed by atoms with E-state index in [1.165, 1.54) is 31.7 Å². The van der Waals surface area contributed by atoms with Gasteiger partial charge in [-0.05, 0) is 37.3 Å². The van der Waals surface area contributed by atoms with Gasteiger partial charge in [-0.3, -0.25) is 0 Å². The summed E-state index contributed by atoms with van der Waals surface area (Å²) < 4.78 is 22.3. The molecule has 2 aliphatic rings. The van der Waals surface area contributed by atoms with Gasteiger partial charge in [0.1, 0.15) is 0 Å². The second-order valence-corrected chi connectivity index (χ2v) is 8.76. The maximum absolute atomic E-state index is 6.08. The number of fused-ring (bicyclic) bond motifs is 1. The van der Waals surface area contributed by atoms with Gasteiger partial charge in [-0.15, -0.1) is 0 Å². The van der Waals surface area contributed by atoms with Gasteiger partial charge >= 0.3 is 0 Å². The zero-order valence-electron chi connectivity index (χ0n) is 12.7. The Bertz CT molecular complexity index is 283. The summed E-state index contributed by atoms with van der Waals surface area (Å²) in [6, 6.07) is 2.33. The molecule has 1 aliphatic carbocycles. The first-order valence-corrected chi connectivity index (χ1v) is 9.64. The molecule has 4 nitrogen and oxygen atoms in total. The Hall–Kier alpha value is 0.0569. The van der Waals surface area contributed by atoms with E-state index >= 15 is 0 Å². The summed E-state index contributed by atoms with van der Waals surface area (Å²) in [6.45, 7) is 4.06. The van der Waals surface area contributed by atoms with Gasteiger partial charge in [-0.2, -0.15) is 0 Å².